The van der Waals surface area contributed by atoms with Crippen LogP contribution in [-0.2, 0) is 16.4 Å². The van der Waals surface area contributed by atoms with Crippen molar-refractivity contribution < 1.29 is 13.3 Å². The largest absolute Gasteiger partial charge is 0.358 e. The molecule has 1 heterocycles. The topological polar surface area (TPSA) is 105 Å². The fourth-order valence-electron chi connectivity index (χ4n) is 3.84. The SMILES string of the molecule is O=[N+]([O-])c1ccccc1S(=O)(=O)NCC1CCCc2c1[nH]c1ccccc21. The highest BCUT2D eigenvalue weighted by Crippen LogP contribution is 2.36. The van der Waals surface area contributed by atoms with Gasteiger partial charge in [-0.3, -0.25) is 10.1 Å². The average Bonchev–Trinajstić information content (AvgIpc) is 3.06. The van der Waals surface area contributed by atoms with Crippen LogP contribution in [0.25, 0.3) is 10.9 Å². The molecule has 2 N–H and O–H groups in total. The maximum Gasteiger partial charge on any atom is 0.289 e. The van der Waals surface area contributed by atoms with Gasteiger partial charge in [-0.05, 0) is 37.0 Å². The number of rotatable bonds is 5. The predicted octanol–water partition coefficient (Wildman–Crippen LogP) is 3.47. The molecule has 27 heavy (non-hydrogen) atoms. The zero-order valence-electron chi connectivity index (χ0n) is 14.5. The number of para-hydroxylation sites is 2. The Labute approximate surface area is 156 Å². The third-order valence-electron chi connectivity index (χ3n) is 5.11. The minimum Gasteiger partial charge on any atom is -0.358 e. The molecule has 1 aliphatic rings. The second-order valence-electron chi connectivity index (χ2n) is 6.73. The lowest BCUT2D eigenvalue weighted by atomic mass is 9.87. The van der Waals surface area contributed by atoms with Crippen molar-refractivity contribution in [3.05, 3.63) is 69.9 Å². The molecule has 0 spiro atoms. The number of aromatic amines is 1. The summed E-state index contributed by atoms with van der Waals surface area (Å²) in [6, 6.07) is 13.5. The summed E-state index contributed by atoms with van der Waals surface area (Å²) in [5.41, 5.74) is 2.94. The summed E-state index contributed by atoms with van der Waals surface area (Å²) in [5.74, 6) is 0.0127. The first kappa shape index (κ1) is 17.7. The highest BCUT2D eigenvalue weighted by molar-refractivity contribution is 7.89. The summed E-state index contributed by atoms with van der Waals surface area (Å²) < 4.78 is 27.9. The zero-order chi connectivity index (χ0) is 19.0. The maximum atomic E-state index is 12.7. The van der Waals surface area contributed by atoms with Crippen molar-refractivity contribution in [1.29, 1.82) is 0 Å². The van der Waals surface area contributed by atoms with Crippen molar-refractivity contribution in [3.8, 4) is 0 Å². The first-order valence-electron chi connectivity index (χ1n) is 8.80. The Hall–Kier alpha value is -2.71. The molecule has 0 fully saturated rings. The van der Waals surface area contributed by atoms with Crippen molar-refractivity contribution in [2.45, 2.75) is 30.1 Å². The monoisotopic (exact) mass is 385 g/mol. The minimum atomic E-state index is -3.97. The number of aryl methyl sites for hydroxylation is 1. The van der Waals surface area contributed by atoms with Crippen molar-refractivity contribution in [2.24, 2.45) is 0 Å². The van der Waals surface area contributed by atoms with Gasteiger partial charge in [0.15, 0.2) is 4.90 Å². The number of nitrogens with zero attached hydrogens (tertiary/aromatic N) is 1. The highest BCUT2D eigenvalue weighted by atomic mass is 32.2. The normalized spacial score (nSPS) is 17.0. The number of benzene rings is 2. The van der Waals surface area contributed by atoms with Crippen molar-refractivity contribution in [3.63, 3.8) is 0 Å². The number of hydrogen-bond acceptors (Lipinski definition) is 4. The van der Waals surface area contributed by atoms with E-state index in [4.69, 9.17) is 0 Å². The molecule has 1 aliphatic carbocycles. The number of nitro benzene ring substituents is 1. The molecule has 0 amide bonds. The summed E-state index contributed by atoms with van der Waals surface area (Å²) in [5, 5.41) is 12.3. The Morgan fingerprint density at radius 1 is 1.15 bits per heavy atom. The van der Waals surface area contributed by atoms with E-state index in [1.807, 2.05) is 18.2 Å². The van der Waals surface area contributed by atoms with Gasteiger partial charge in [-0.2, -0.15) is 0 Å². The molecule has 0 radical (unpaired) electrons. The maximum absolute atomic E-state index is 12.7. The van der Waals surface area contributed by atoms with E-state index in [0.29, 0.717) is 0 Å². The third-order valence-corrected chi connectivity index (χ3v) is 6.58. The summed E-state index contributed by atoms with van der Waals surface area (Å²) in [6.45, 7) is 0.203. The summed E-state index contributed by atoms with van der Waals surface area (Å²) >= 11 is 0. The lowest BCUT2D eigenvalue weighted by molar-refractivity contribution is -0.387. The number of fused-ring (bicyclic) bond motifs is 3. The van der Waals surface area contributed by atoms with E-state index in [9.17, 15) is 18.5 Å². The van der Waals surface area contributed by atoms with E-state index in [1.165, 1.54) is 35.2 Å². The van der Waals surface area contributed by atoms with Crippen LogP contribution in [0.4, 0.5) is 5.69 Å². The molecule has 0 saturated carbocycles. The number of hydrogen-bond donors (Lipinski definition) is 2. The van der Waals surface area contributed by atoms with E-state index < -0.39 is 20.6 Å². The number of nitro groups is 1. The van der Waals surface area contributed by atoms with Gasteiger partial charge < -0.3 is 4.98 Å². The molecule has 0 aliphatic heterocycles. The van der Waals surface area contributed by atoms with Crippen molar-refractivity contribution >= 4 is 26.6 Å². The summed E-state index contributed by atoms with van der Waals surface area (Å²) in [6.07, 6.45) is 2.80. The fourth-order valence-corrected chi connectivity index (χ4v) is 5.09. The van der Waals surface area contributed by atoms with Crippen LogP contribution in [0, 0.1) is 10.1 Å². The van der Waals surface area contributed by atoms with Crippen molar-refractivity contribution in [2.75, 3.05) is 6.54 Å². The second kappa shape index (κ2) is 6.79. The molecule has 0 bridgehead atoms. The van der Waals surface area contributed by atoms with Gasteiger partial charge in [0.05, 0.1) is 4.92 Å². The molecule has 1 aromatic heterocycles. The van der Waals surface area contributed by atoms with Gasteiger partial charge in [0, 0.05) is 35.1 Å². The zero-order valence-corrected chi connectivity index (χ0v) is 15.3. The number of aromatic nitrogens is 1. The molecule has 1 atom stereocenters. The van der Waals surface area contributed by atoms with E-state index in [1.54, 1.807) is 0 Å². The third kappa shape index (κ3) is 3.22. The number of H-pyrrole nitrogens is 1. The molecular weight excluding hydrogens is 366 g/mol. The lowest BCUT2D eigenvalue weighted by Gasteiger charge is -2.23. The Kier molecular flexibility index (Phi) is 4.45. The van der Waals surface area contributed by atoms with Crippen LogP contribution in [0.2, 0.25) is 0 Å². The Morgan fingerprint density at radius 3 is 2.70 bits per heavy atom. The van der Waals surface area contributed by atoms with Crippen LogP contribution in [0.3, 0.4) is 0 Å². The second-order valence-corrected chi connectivity index (χ2v) is 8.46. The predicted molar refractivity (Wildman–Crippen MR) is 102 cm³/mol. The van der Waals surface area contributed by atoms with E-state index in [-0.39, 0.29) is 17.4 Å². The highest BCUT2D eigenvalue weighted by Gasteiger charge is 2.28. The standard InChI is InChI=1S/C19H19N3O4S/c23-22(24)17-10-3-4-11-18(17)27(25,26)20-12-13-6-5-8-15-14-7-1-2-9-16(14)21-19(13)15/h1-4,7,9-11,13,20-21H,5-6,8,12H2. The Bertz CT molecular complexity index is 1120. The smallest absolute Gasteiger partial charge is 0.289 e. The van der Waals surface area contributed by atoms with Crippen LogP contribution < -0.4 is 4.72 Å². The fraction of sp³-hybridized carbons (Fsp3) is 0.263. The summed E-state index contributed by atoms with van der Waals surface area (Å²) in [7, 11) is -3.97. The molecule has 1 unspecified atom stereocenters. The first-order chi connectivity index (χ1) is 13.0. The quantitative estimate of drug-likeness (QED) is 0.518. The van der Waals surface area contributed by atoms with Crippen LogP contribution in [0.15, 0.2) is 53.4 Å². The van der Waals surface area contributed by atoms with Gasteiger partial charge in [-0.25, -0.2) is 13.1 Å². The van der Waals surface area contributed by atoms with E-state index in [2.05, 4.69) is 15.8 Å². The summed E-state index contributed by atoms with van der Waals surface area (Å²) in [4.78, 5) is 13.6. The van der Waals surface area contributed by atoms with Gasteiger partial charge in [0.1, 0.15) is 0 Å². The molecule has 0 saturated heterocycles. The molecule has 8 heteroatoms. The average molecular weight is 385 g/mol. The lowest BCUT2D eigenvalue weighted by Crippen LogP contribution is -2.30. The molecule has 2 aromatic carbocycles. The van der Waals surface area contributed by atoms with Crippen LogP contribution in [0.5, 0.6) is 0 Å². The molecule has 4 rings (SSSR count). The number of sulfonamides is 1. The van der Waals surface area contributed by atoms with Crippen LogP contribution in [0.1, 0.15) is 30.0 Å². The molecule has 3 aromatic rings. The van der Waals surface area contributed by atoms with Gasteiger partial charge in [-0.15, -0.1) is 0 Å². The van der Waals surface area contributed by atoms with Gasteiger partial charge in [0.25, 0.3) is 5.69 Å². The van der Waals surface area contributed by atoms with E-state index in [0.717, 1.165) is 30.5 Å². The molecule has 7 nitrogen and oxygen atoms in total. The number of nitrogens with one attached hydrogen (secondary N) is 2. The first-order valence-corrected chi connectivity index (χ1v) is 10.3. The van der Waals surface area contributed by atoms with E-state index >= 15 is 0 Å². The minimum absolute atomic E-state index is 0.0127. The Balaban J connectivity index is 1.61. The van der Waals surface area contributed by atoms with Gasteiger partial charge in [0.2, 0.25) is 10.0 Å². The van der Waals surface area contributed by atoms with Gasteiger partial charge in [-0.1, -0.05) is 30.3 Å². The van der Waals surface area contributed by atoms with Crippen LogP contribution in [-0.4, -0.2) is 24.9 Å². The Morgan fingerprint density at radius 2 is 1.89 bits per heavy atom. The van der Waals surface area contributed by atoms with Gasteiger partial charge >= 0.3 is 0 Å². The molecular formula is C19H19N3O4S. The van der Waals surface area contributed by atoms with Crippen LogP contribution >= 0.6 is 0 Å². The molecule has 140 valence electrons. The van der Waals surface area contributed by atoms with Crippen molar-refractivity contribution in [1.82, 2.24) is 9.71 Å².